The molecule has 2 aliphatic rings. The van der Waals surface area contributed by atoms with Crippen LogP contribution in [0.3, 0.4) is 0 Å². The molecule has 0 radical (unpaired) electrons. The lowest BCUT2D eigenvalue weighted by Gasteiger charge is -2.22. The van der Waals surface area contributed by atoms with Gasteiger partial charge in [0.25, 0.3) is 5.91 Å². The molecule has 0 saturated carbocycles. The summed E-state index contributed by atoms with van der Waals surface area (Å²) in [5.41, 5.74) is 7.10. The van der Waals surface area contributed by atoms with Crippen molar-refractivity contribution in [3.63, 3.8) is 0 Å². The number of rotatable bonds is 4. The minimum absolute atomic E-state index is 0.258. The van der Waals surface area contributed by atoms with Crippen molar-refractivity contribution in [2.45, 2.75) is 38.1 Å². The Balaban J connectivity index is 1.57. The van der Waals surface area contributed by atoms with Gasteiger partial charge in [-0.05, 0) is 43.7 Å². The van der Waals surface area contributed by atoms with Gasteiger partial charge in [-0.1, -0.05) is 11.6 Å². The average molecular weight is 391 g/mol. The number of carbonyl (C=O) groups is 2. The molecule has 1 aromatic heterocycles. The number of fused-ring (bicyclic) bond motifs is 3. The fourth-order valence-electron chi connectivity index (χ4n) is 3.98. The number of carbonyl (C=O) groups excluding carboxylic acids is 2. The van der Waals surface area contributed by atoms with Crippen LogP contribution >= 0.6 is 11.6 Å². The Hall–Kier alpha value is -2.54. The van der Waals surface area contributed by atoms with E-state index in [0.29, 0.717) is 29.1 Å². The van der Waals surface area contributed by atoms with Crippen LogP contribution in [0, 0.1) is 0 Å². The molecular formula is C19H19ClN2O5. The second-order valence-corrected chi connectivity index (χ2v) is 7.32. The Kier molecular flexibility index (Phi) is 4.55. The Morgan fingerprint density at radius 3 is 2.81 bits per heavy atom. The molecule has 1 aliphatic heterocycles. The van der Waals surface area contributed by atoms with Gasteiger partial charge in [-0.3, -0.25) is 9.59 Å². The van der Waals surface area contributed by atoms with Crippen LogP contribution in [0.5, 0.6) is 5.75 Å². The van der Waals surface area contributed by atoms with Crippen LogP contribution in [0.2, 0.25) is 5.02 Å². The molecular weight excluding hydrogens is 372 g/mol. The van der Waals surface area contributed by atoms with E-state index in [1.54, 1.807) is 12.1 Å². The lowest BCUT2D eigenvalue weighted by molar-refractivity contribution is -0.138. The molecule has 27 heavy (non-hydrogen) atoms. The van der Waals surface area contributed by atoms with E-state index in [1.165, 1.54) is 4.90 Å². The fraction of sp³-hybridized carbons (Fsp3) is 0.421. The second-order valence-electron chi connectivity index (χ2n) is 6.92. The average Bonchev–Trinajstić information content (AvgIpc) is 3.30. The van der Waals surface area contributed by atoms with Crippen LogP contribution in [-0.4, -0.2) is 35.9 Å². The van der Waals surface area contributed by atoms with Crippen molar-refractivity contribution in [1.82, 2.24) is 4.90 Å². The topological polar surface area (TPSA) is 103 Å². The number of hydrogen-bond donors (Lipinski definition) is 1. The molecule has 142 valence electrons. The summed E-state index contributed by atoms with van der Waals surface area (Å²) >= 11 is 6.32. The highest BCUT2D eigenvalue weighted by atomic mass is 35.5. The van der Waals surface area contributed by atoms with Crippen molar-refractivity contribution < 1.29 is 18.7 Å². The number of ether oxygens (including phenoxy) is 1. The van der Waals surface area contributed by atoms with Crippen molar-refractivity contribution in [2.75, 3.05) is 13.2 Å². The van der Waals surface area contributed by atoms with Crippen LogP contribution in [0.15, 0.2) is 21.3 Å². The number of amides is 2. The molecule has 2 aromatic rings. The molecule has 1 saturated heterocycles. The number of likely N-dealkylation sites (tertiary alicyclic amines) is 1. The molecule has 7 nitrogen and oxygen atoms in total. The maximum absolute atomic E-state index is 12.4. The highest BCUT2D eigenvalue weighted by molar-refractivity contribution is 6.32. The number of nitrogens with two attached hydrogens (primary N) is 1. The number of primary amides is 1. The molecule has 1 aliphatic carbocycles. The van der Waals surface area contributed by atoms with Crippen LogP contribution in [0.1, 0.15) is 30.4 Å². The van der Waals surface area contributed by atoms with Crippen molar-refractivity contribution in [3.05, 3.63) is 38.7 Å². The van der Waals surface area contributed by atoms with Gasteiger partial charge in [0.05, 0.1) is 5.02 Å². The third-order valence-corrected chi connectivity index (χ3v) is 5.57. The summed E-state index contributed by atoms with van der Waals surface area (Å²) in [7, 11) is 0. The van der Waals surface area contributed by atoms with Gasteiger partial charge in [-0.15, -0.1) is 0 Å². The largest absolute Gasteiger partial charge is 0.482 e. The first-order valence-electron chi connectivity index (χ1n) is 8.95. The van der Waals surface area contributed by atoms with Gasteiger partial charge in [0.1, 0.15) is 17.4 Å². The van der Waals surface area contributed by atoms with E-state index >= 15 is 0 Å². The van der Waals surface area contributed by atoms with Gasteiger partial charge in [0, 0.05) is 23.6 Å². The smallest absolute Gasteiger partial charge is 0.339 e. The van der Waals surface area contributed by atoms with E-state index < -0.39 is 11.9 Å². The predicted octanol–water partition coefficient (Wildman–Crippen LogP) is 1.79. The molecule has 2 N–H and O–H groups in total. The molecule has 8 heteroatoms. The monoisotopic (exact) mass is 390 g/mol. The highest BCUT2D eigenvalue weighted by Gasteiger charge is 2.32. The maximum Gasteiger partial charge on any atom is 0.339 e. The molecule has 2 heterocycles. The fourth-order valence-corrected chi connectivity index (χ4v) is 4.19. The first-order valence-corrected chi connectivity index (χ1v) is 9.33. The van der Waals surface area contributed by atoms with Crippen LogP contribution in [0.4, 0.5) is 0 Å². The highest BCUT2D eigenvalue weighted by Crippen LogP contribution is 2.34. The van der Waals surface area contributed by atoms with Crippen LogP contribution < -0.4 is 16.1 Å². The van der Waals surface area contributed by atoms with Gasteiger partial charge in [0.15, 0.2) is 6.61 Å². The summed E-state index contributed by atoms with van der Waals surface area (Å²) in [6.45, 7) is 0.201. The quantitative estimate of drug-likeness (QED) is 0.801. The summed E-state index contributed by atoms with van der Waals surface area (Å²) in [5.74, 6) is -0.587. The van der Waals surface area contributed by atoms with Crippen LogP contribution in [0.25, 0.3) is 11.0 Å². The van der Waals surface area contributed by atoms with Crippen molar-refractivity contribution in [2.24, 2.45) is 5.73 Å². The van der Waals surface area contributed by atoms with E-state index in [4.69, 9.17) is 26.5 Å². The van der Waals surface area contributed by atoms with Gasteiger partial charge in [-0.2, -0.15) is 0 Å². The molecule has 4 rings (SSSR count). The summed E-state index contributed by atoms with van der Waals surface area (Å²) in [5, 5.41) is 1.14. The second kappa shape index (κ2) is 6.88. The zero-order chi connectivity index (χ0) is 19.1. The first-order chi connectivity index (χ1) is 13.0. The number of hydrogen-bond acceptors (Lipinski definition) is 5. The van der Waals surface area contributed by atoms with Gasteiger partial charge >= 0.3 is 5.63 Å². The van der Waals surface area contributed by atoms with Crippen molar-refractivity contribution in [1.29, 1.82) is 0 Å². The standard InChI is InChI=1S/C19H19ClN2O5/c20-13-7-12-10-3-1-4-11(10)19(25)27-15(12)8-16(13)26-9-17(23)22-6-2-5-14(22)18(21)24/h7-8,14H,1-6,9H2,(H2,21,24). The number of benzene rings is 1. The molecule has 0 bridgehead atoms. The van der Waals surface area contributed by atoms with E-state index in [1.807, 2.05) is 0 Å². The molecule has 1 unspecified atom stereocenters. The molecule has 1 atom stereocenters. The normalized spacial score (nSPS) is 18.7. The van der Waals surface area contributed by atoms with Gasteiger partial charge in [-0.25, -0.2) is 4.79 Å². The van der Waals surface area contributed by atoms with Crippen LogP contribution in [-0.2, 0) is 22.4 Å². The predicted molar refractivity (Wildman–Crippen MR) is 98.9 cm³/mol. The SMILES string of the molecule is NC(=O)C1CCCN1C(=O)COc1cc2oc(=O)c3c(c2cc1Cl)CCC3. The van der Waals surface area contributed by atoms with Crippen molar-refractivity contribution >= 4 is 34.4 Å². The zero-order valence-electron chi connectivity index (χ0n) is 14.6. The Bertz CT molecular complexity index is 1000. The zero-order valence-corrected chi connectivity index (χ0v) is 15.4. The molecule has 1 fully saturated rings. The van der Waals surface area contributed by atoms with E-state index in [0.717, 1.165) is 36.6 Å². The Morgan fingerprint density at radius 2 is 2.04 bits per heavy atom. The Morgan fingerprint density at radius 1 is 1.26 bits per heavy atom. The third kappa shape index (κ3) is 3.16. The van der Waals surface area contributed by atoms with Crippen molar-refractivity contribution in [3.8, 4) is 5.75 Å². The third-order valence-electron chi connectivity index (χ3n) is 5.28. The Labute approximate surface area is 160 Å². The minimum atomic E-state index is -0.589. The number of nitrogens with zero attached hydrogens (tertiary/aromatic N) is 1. The van der Waals surface area contributed by atoms with Gasteiger partial charge < -0.3 is 19.8 Å². The lowest BCUT2D eigenvalue weighted by Crippen LogP contribution is -2.45. The lowest BCUT2D eigenvalue weighted by atomic mass is 10.1. The van der Waals surface area contributed by atoms with E-state index in [2.05, 4.69) is 0 Å². The minimum Gasteiger partial charge on any atom is -0.482 e. The first kappa shape index (κ1) is 17.9. The summed E-state index contributed by atoms with van der Waals surface area (Å²) in [6, 6.07) is 2.67. The molecule has 2 amide bonds. The summed E-state index contributed by atoms with van der Waals surface area (Å²) < 4.78 is 11.0. The number of halogens is 1. The van der Waals surface area contributed by atoms with E-state index in [9.17, 15) is 14.4 Å². The summed E-state index contributed by atoms with van der Waals surface area (Å²) in [4.78, 5) is 37.4. The number of aryl methyl sites for hydroxylation is 1. The molecule has 0 spiro atoms. The molecule has 1 aromatic carbocycles. The van der Waals surface area contributed by atoms with Gasteiger partial charge in [0.2, 0.25) is 5.91 Å². The summed E-state index contributed by atoms with van der Waals surface area (Å²) in [6.07, 6.45) is 3.74. The maximum atomic E-state index is 12.4. The van der Waals surface area contributed by atoms with E-state index in [-0.39, 0.29) is 23.9 Å².